The lowest BCUT2D eigenvalue weighted by Gasteiger charge is -2.31. The molecule has 71 heavy (non-hydrogen) atoms. The van der Waals surface area contributed by atoms with Crippen molar-refractivity contribution in [2.45, 2.75) is 91.4 Å². The summed E-state index contributed by atoms with van der Waals surface area (Å²) in [6.07, 6.45) is 11.7. The van der Waals surface area contributed by atoms with Crippen LogP contribution in [0.2, 0.25) is 0 Å². The van der Waals surface area contributed by atoms with Gasteiger partial charge in [-0.25, -0.2) is 53.0 Å². The lowest BCUT2D eigenvalue weighted by atomic mass is 10.1. The Balaban J connectivity index is 0.000000162. The van der Waals surface area contributed by atoms with Crippen LogP contribution in [0.1, 0.15) is 81.8 Å². The van der Waals surface area contributed by atoms with Crippen LogP contribution in [-0.2, 0) is 19.4 Å². The zero-order chi connectivity index (χ0) is 48.0. The van der Waals surface area contributed by atoms with Gasteiger partial charge in [0.2, 0.25) is 11.9 Å². The molecule has 368 valence electrons. The number of hydrogen-bond acceptors (Lipinski definition) is 14. The normalized spacial score (nSPS) is 18.0. The molecule has 2 unspecified atom stereocenters. The number of nitrogens with zero attached hydrogens (tertiary/aromatic N) is 12. The van der Waals surface area contributed by atoms with Crippen LogP contribution < -0.4 is 26.6 Å². The van der Waals surface area contributed by atoms with E-state index in [1.54, 1.807) is 12.3 Å². The number of aryl methyl sites for hydroxylation is 3. The molecular weight excluding hydrogens is 906 g/mol. The van der Waals surface area contributed by atoms with Crippen LogP contribution in [-0.4, -0.2) is 99.2 Å². The molecule has 12 rings (SSSR count). The Hall–Kier alpha value is -7.09. The first-order chi connectivity index (χ1) is 34.0. The summed E-state index contributed by atoms with van der Waals surface area (Å²) in [7, 11) is 0. The minimum absolute atomic E-state index is 0. The molecule has 2 aromatic carbocycles. The summed E-state index contributed by atoms with van der Waals surface area (Å²) >= 11 is 0. The number of pyridine rings is 2. The van der Waals surface area contributed by atoms with Gasteiger partial charge in [-0.05, 0) is 100 Å². The molecule has 5 N–H and O–H groups in total. The van der Waals surface area contributed by atoms with Gasteiger partial charge in [0.1, 0.15) is 40.2 Å². The minimum atomic E-state index is -0.630. The number of nitrogens with two attached hydrogens (primary N) is 1. The van der Waals surface area contributed by atoms with E-state index < -0.39 is 17.5 Å². The van der Waals surface area contributed by atoms with Crippen molar-refractivity contribution in [3.63, 3.8) is 0 Å². The second kappa shape index (κ2) is 20.0. The van der Waals surface area contributed by atoms with Crippen molar-refractivity contribution in [1.29, 1.82) is 0 Å². The van der Waals surface area contributed by atoms with Gasteiger partial charge in [0.25, 0.3) is 0 Å². The highest BCUT2D eigenvalue weighted by Crippen LogP contribution is 2.37. The number of nitrogens with one attached hydrogen (secondary N) is 3. The number of benzene rings is 2. The highest BCUT2D eigenvalue weighted by Gasteiger charge is 2.27. The van der Waals surface area contributed by atoms with Gasteiger partial charge in [-0.1, -0.05) is 13.5 Å². The van der Waals surface area contributed by atoms with E-state index in [1.165, 1.54) is 12.3 Å². The Bertz CT molecular complexity index is 3200. The number of fused-ring (bicyclic) bond motifs is 6. The SMILES string of the molecule is C.CC1CCc2nc3c(F)cc(-c4nc(Nc5ccc(N6CCC(N)CC6)cn5)ncc4F)cc3n21.Cc1cc(-c2nc(Nc3ccc(CN4CCNCC4)cn3)ncc2F)cc2c1nc1n2C(C)CC1. The summed E-state index contributed by atoms with van der Waals surface area (Å²) < 4.78 is 48.9. The van der Waals surface area contributed by atoms with Crippen molar-refractivity contribution >= 4 is 51.3 Å². The van der Waals surface area contributed by atoms with E-state index >= 15 is 0 Å². The van der Waals surface area contributed by atoms with Gasteiger partial charge in [0, 0.05) is 94.1 Å². The van der Waals surface area contributed by atoms with Gasteiger partial charge in [-0.3, -0.25) is 4.90 Å². The summed E-state index contributed by atoms with van der Waals surface area (Å²) in [4.78, 5) is 40.0. The Morgan fingerprint density at radius 1 is 0.634 bits per heavy atom. The molecule has 2 atom stereocenters. The number of rotatable bonds is 9. The minimum Gasteiger partial charge on any atom is -0.370 e. The van der Waals surface area contributed by atoms with Gasteiger partial charge >= 0.3 is 0 Å². The zero-order valence-corrected chi connectivity index (χ0v) is 39.4. The molecule has 4 aliphatic rings. The van der Waals surface area contributed by atoms with Crippen LogP contribution in [0.25, 0.3) is 44.6 Å². The average Bonchev–Trinajstić information content (AvgIpc) is 4.14. The molecule has 0 radical (unpaired) electrons. The molecule has 0 amide bonds. The van der Waals surface area contributed by atoms with Gasteiger partial charge in [-0.2, -0.15) is 0 Å². The third kappa shape index (κ3) is 9.73. The predicted molar refractivity (Wildman–Crippen MR) is 272 cm³/mol. The van der Waals surface area contributed by atoms with Crippen LogP contribution in [0.4, 0.5) is 42.4 Å². The van der Waals surface area contributed by atoms with Crippen molar-refractivity contribution in [3.05, 3.63) is 114 Å². The summed E-state index contributed by atoms with van der Waals surface area (Å²) in [6, 6.07) is 15.6. The van der Waals surface area contributed by atoms with Gasteiger partial charge in [0.15, 0.2) is 17.5 Å². The molecule has 0 spiro atoms. The van der Waals surface area contributed by atoms with Crippen molar-refractivity contribution < 1.29 is 13.2 Å². The first kappa shape index (κ1) is 47.6. The highest BCUT2D eigenvalue weighted by molar-refractivity contribution is 5.86. The van der Waals surface area contributed by atoms with Crippen LogP contribution in [0.3, 0.4) is 0 Å². The van der Waals surface area contributed by atoms with Gasteiger partial charge in [0.05, 0.1) is 40.8 Å². The number of hydrogen-bond donors (Lipinski definition) is 4. The largest absolute Gasteiger partial charge is 0.370 e. The van der Waals surface area contributed by atoms with Gasteiger partial charge in [-0.15, -0.1) is 0 Å². The molecule has 0 aliphatic carbocycles. The average molecular weight is 965 g/mol. The second-order valence-electron chi connectivity index (χ2n) is 18.9. The third-order valence-corrected chi connectivity index (χ3v) is 13.9. The van der Waals surface area contributed by atoms with E-state index in [2.05, 4.69) is 85.1 Å². The van der Waals surface area contributed by atoms with E-state index in [0.717, 1.165) is 136 Å². The molecule has 16 nitrogen and oxygen atoms in total. The van der Waals surface area contributed by atoms with Crippen molar-refractivity contribution in [1.82, 2.24) is 59.2 Å². The lowest BCUT2D eigenvalue weighted by Crippen LogP contribution is -2.42. The summed E-state index contributed by atoms with van der Waals surface area (Å²) in [5.41, 5.74) is 13.5. The quantitative estimate of drug-likeness (QED) is 0.108. The fraction of sp³-hybridized carbons (Fsp3) is 0.385. The molecule has 10 heterocycles. The predicted octanol–water partition coefficient (Wildman–Crippen LogP) is 8.97. The highest BCUT2D eigenvalue weighted by atomic mass is 19.1. The number of anilines is 5. The standard InChI is InChI=1S/C26H29FN8.C25H26F2N8.CH4/c1-16-11-19(12-21-24(16)32-23-6-3-17(2)35(21)23)25-20(27)14-30-26(33-25)31-22-5-4-18(13-29-22)15-34-9-7-28-8-10-34;1-14-2-5-22-32-24-18(26)10-15(11-20(24)35(14)22)23-19(27)13-30-25(33-23)31-21-4-3-17(12-29-21)34-8-6-16(28)7-9-34;/h4-5,11-14,17,28H,3,6-10,15H2,1-2H3,(H,29,30,31,33);3-4,10-14,16H,2,5-9,28H2,1H3,(H,29,30,31,33);1H4. The van der Waals surface area contributed by atoms with E-state index in [0.29, 0.717) is 40.2 Å². The van der Waals surface area contributed by atoms with Crippen LogP contribution in [0, 0.1) is 24.4 Å². The molecule has 2 saturated heterocycles. The molecule has 8 aromatic rings. The number of aromatic nitrogens is 10. The van der Waals surface area contributed by atoms with Crippen LogP contribution in [0.15, 0.2) is 73.3 Å². The van der Waals surface area contributed by atoms with Gasteiger partial charge < -0.3 is 35.7 Å². The first-order valence-corrected chi connectivity index (χ1v) is 24.2. The third-order valence-electron chi connectivity index (χ3n) is 13.9. The number of halogens is 3. The first-order valence-electron chi connectivity index (χ1n) is 24.2. The maximum Gasteiger partial charge on any atom is 0.229 e. The number of imidazole rings is 2. The maximum absolute atomic E-state index is 14.9. The molecule has 19 heteroatoms. The zero-order valence-electron chi connectivity index (χ0n) is 39.4. The van der Waals surface area contributed by atoms with E-state index in [1.807, 2.05) is 48.0 Å². The fourth-order valence-corrected chi connectivity index (χ4v) is 10.2. The second-order valence-corrected chi connectivity index (χ2v) is 18.9. The van der Waals surface area contributed by atoms with Crippen LogP contribution >= 0.6 is 0 Å². The topological polar surface area (TPSA) is 182 Å². The summed E-state index contributed by atoms with van der Waals surface area (Å²) in [5, 5.41) is 9.52. The lowest BCUT2D eigenvalue weighted by molar-refractivity contribution is 0.233. The van der Waals surface area contributed by atoms with Crippen molar-refractivity contribution in [2.24, 2.45) is 5.73 Å². The van der Waals surface area contributed by atoms with E-state index in [-0.39, 0.29) is 36.8 Å². The summed E-state index contributed by atoms with van der Waals surface area (Å²) in [5.74, 6) is 2.03. The smallest absolute Gasteiger partial charge is 0.229 e. The molecule has 0 bridgehead atoms. The molecule has 0 saturated carbocycles. The molecular formula is C52H59F3N16. The molecule has 2 fully saturated rings. The summed E-state index contributed by atoms with van der Waals surface area (Å²) in [6.45, 7) is 13.1. The Morgan fingerprint density at radius 3 is 1.77 bits per heavy atom. The Morgan fingerprint density at radius 2 is 1.20 bits per heavy atom. The monoisotopic (exact) mass is 965 g/mol. The van der Waals surface area contributed by atoms with Crippen molar-refractivity contribution in [2.75, 3.05) is 54.8 Å². The molecule has 6 aromatic heterocycles. The number of piperidine rings is 1. The van der Waals surface area contributed by atoms with E-state index in [4.69, 9.17) is 10.7 Å². The molecule has 4 aliphatic heterocycles. The number of piperazine rings is 1. The Kier molecular flexibility index (Phi) is 13.4. The van der Waals surface area contributed by atoms with Crippen molar-refractivity contribution in [3.8, 4) is 22.5 Å². The maximum atomic E-state index is 14.9. The van der Waals surface area contributed by atoms with Crippen LogP contribution in [0.5, 0.6) is 0 Å². The van der Waals surface area contributed by atoms with E-state index in [9.17, 15) is 13.2 Å². The Labute approximate surface area is 410 Å². The fourth-order valence-electron chi connectivity index (χ4n) is 10.2.